The summed E-state index contributed by atoms with van der Waals surface area (Å²) in [6, 6.07) is 9.52. The predicted molar refractivity (Wildman–Crippen MR) is 126 cm³/mol. The Balaban J connectivity index is 2.23. The molecule has 2 amide bonds. The van der Waals surface area contributed by atoms with E-state index in [-0.39, 0.29) is 31.0 Å². The highest BCUT2D eigenvalue weighted by Gasteiger charge is 2.28. The van der Waals surface area contributed by atoms with Gasteiger partial charge in [0.05, 0.1) is 0 Å². The average Bonchev–Trinajstić information content (AvgIpc) is 2.73. The van der Waals surface area contributed by atoms with Crippen LogP contribution in [0, 0.1) is 6.92 Å². The number of halogens is 3. The zero-order valence-electron chi connectivity index (χ0n) is 18.0. The van der Waals surface area contributed by atoms with Gasteiger partial charge in [-0.15, -0.1) is 0 Å². The summed E-state index contributed by atoms with van der Waals surface area (Å²) in [4.78, 5) is 27.3. The fraction of sp³-hybridized carbons (Fsp3) is 0.391. The maximum atomic E-state index is 13.1. The average molecular weight is 486 g/mol. The standard InChI is InChI=1S/C23H27Cl3N2O3/c1-5-15(3)27-23(30)16(4)28(12-18-20(25)7-6-8-21(18)26)22(29)13-31-17-9-10-19(24)14(2)11-17/h6-11,15-16H,5,12-13H2,1-4H3,(H,27,30)/t15-,16-/m1/s1. The maximum Gasteiger partial charge on any atom is 0.261 e. The molecule has 8 heteroatoms. The molecule has 2 aromatic rings. The Hall–Kier alpha value is -1.95. The summed E-state index contributed by atoms with van der Waals surface area (Å²) in [5.41, 5.74) is 1.41. The van der Waals surface area contributed by atoms with E-state index in [2.05, 4.69) is 5.32 Å². The summed E-state index contributed by atoms with van der Waals surface area (Å²) >= 11 is 18.7. The largest absolute Gasteiger partial charge is 0.484 e. The third-order valence-corrected chi connectivity index (χ3v) is 6.18. The van der Waals surface area contributed by atoms with Crippen LogP contribution in [0.1, 0.15) is 38.3 Å². The second-order valence-electron chi connectivity index (χ2n) is 7.42. The first-order valence-corrected chi connectivity index (χ1v) is 11.2. The number of hydrogen-bond acceptors (Lipinski definition) is 3. The van der Waals surface area contributed by atoms with Crippen molar-refractivity contribution in [1.29, 1.82) is 0 Å². The minimum atomic E-state index is -0.746. The molecule has 0 bridgehead atoms. The first-order chi connectivity index (χ1) is 14.6. The van der Waals surface area contributed by atoms with Crippen molar-refractivity contribution in [2.45, 2.75) is 52.7 Å². The van der Waals surface area contributed by atoms with Crippen molar-refractivity contribution >= 4 is 46.6 Å². The minimum Gasteiger partial charge on any atom is -0.484 e. The van der Waals surface area contributed by atoms with E-state index in [1.54, 1.807) is 43.3 Å². The van der Waals surface area contributed by atoms with Gasteiger partial charge in [0.2, 0.25) is 5.91 Å². The molecule has 0 fully saturated rings. The molecule has 2 rings (SSSR count). The number of ether oxygens (including phenoxy) is 1. The number of nitrogens with one attached hydrogen (secondary N) is 1. The van der Waals surface area contributed by atoms with Crippen molar-refractivity contribution in [2.24, 2.45) is 0 Å². The van der Waals surface area contributed by atoms with Gasteiger partial charge < -0.3 is 15.0 Å². The Morgan fingerprint density at radius 2 is 1.71 bits per heavy atom. The van der Waals surface area contributed by atoms with Gasteiger partial charge in [0.25, 0.3) is 5.91 Å². The summed E-state index contributed by atoms with van der Waals surface area (Å²) in [5.74, 6) is -0.105. The Kier molecular flexibility index (Phi) is 9.48. The summed E-state index contributed by atoms with van der Waals surface area (Å²) in [6.45, 7) is 7.24. The number of nitrogens with zero attached hydrogens (tertiary/aromatic N) is 1. The number of aryl methyl sites for hydroxylation is 1. The van der Waals surface area contributed by atoms with Crippen molar-refractivity contribution in [3.05, 3.63) is 62.6 Å². The molecule has 0 saturated heterocycles. The van der Waals surface area contributed by atoms with Gasteiger partial charge in [0.15, 0.2) is 6.61 Å². The highest BCUT2D eigenvalue weighted by Crippen LogP contribution is 2.27. The molecule has 168 valence electrons. The van der Waals surface area contributed by atoms with Crippen LogP contribution in [0.15, 0.2) is 36.4 Å². The van der Waals surface area contributed by atoms with E-state index < -0.39 is 6.04 Å². The molecule has 2 aromatic carbocycles. The van der Waals surface area contributed by atoms with E-state index in [1.165, 1.54) is 4.90 Å². The summed E-state index contributed by atoms with van der Waals surface area (Å²) in [5, 5.41) is 4.38. The number of benzene rings is 2. The van der Waals surface area contributed by atoms with E-state index in [1.807, 2.05) is 20.8 Å². The zero-order valence-corrected chi connectivity index (χ0v) is 20.3. The van der Waals surface area contributed by atoms with Gasteiger partial charge in [0, 0.05) is 33.2 Å². The van der Waals surface area contributed by atoms with Crippen LogP contribution in [-0.2, 0) is 16.1 Å². The molecule has 0 heterocycles. The number of amides is 2. The second-order valence-corrected chi connectivity index (χ2v) is 8.64. The quantitative estimate of drug-likeness (QED) is 0.498. The van der Waals surface area contributed by atoms with Gasteiger partial charge in [-0.2, -0.15) is 0 Å². The zero-order chi connectivity index (χ0) is 23.1. The van der Waals surface area contributed by atoms with Crippen LogP contribution in [0.4, 0.5) is 0 Å². The molecule has 31 heavy (non-hydrogen) atoms. The first-order valence-electron chi connectivity index (χ1n) is 10.1. The van der Waals surface area contributed by atoms with Crippen LogP contribution in [0.3, 0.4) is 0 Å². The smallest absolute Gasteiger partial charge is 0.261 e. The molecule has 0 spiro atoms. The topological polar surface area (TPSA) is 58.6 Å². The monoisotopic (exact) mass is 484 g/mol. The number of rotatable bonds is 9. The summed E-state index contributed by atoms with van der Waals surface area (Å²) < 4.78 is 5.67. The molecule has 2 atom stereocenters. The van der Waals surface area contributed by atoms with Gasteiger partial charge >= 0.3 is 0 Å². The SMILES string of the molecule is CC[C@@H](C)NC(=O)[C@@H](C)N(Cc1c(Cl)cccc1Cl)C(=O)COc1ccc(Cl)c(C)c1. The van der Waals surface area contributed by atoms with Crippen LogP contribution in [0.2, 0.25) is 15.1 Å². The Bertz CT molecular complexity index is 916. The Morgan fingerprint density at radius 1 is 1.06 bits per heavy atom. The molecule has 5 nitrogen and oxygen atoms in total. The number of carbonyl (C=O) groups excluding carboxylic acids is 2. The normalized spacial score (nSPS) is 12.7. The van der Waals surface area contributed by atoms with Crippen LogP contribution < -0.4 is 10.1 Å². The van der Waals surface area contributed by atoms with Crippen molar-refractivity contribution in [1.82, 2.24) is 10.2 Å². The van der Waals surface area contributed by atoms with Crippen LogP contribution in [-0.4, -0.2) is 35.4 Å². The van der Waals surface area contributed by atoms with E-state index in [4.69, 9.17) is 39.5 Å². The van der Waals surface area contributed by atoms with E-state index >= 15 is 0 Å². The summed E-state index contributed by atoms with van der Waals surface area (Å²) in [6.07, 6.45) is 0.780. The number of hydrogen-bond donors (Lipinski definition) is 1. The fourth-order valence-corrected chi connectivity index (χ4v) is 3.47. The highest BCUT2D eigenvalue weighted by atomic mass is 35.5. The Morgan fingerprint density at radius 3 is 2.29 bits per heavy atom. The van der Waals surface area contributed by atoms with Crippen molar-refractivity contribution < 1.29 is 14.3 Å². The highest BCUT2D eigenvalue weighted by molar-refractivity contribution is 6.36. The molecular weight excluding hydrogens is 459 g/mol. The van der Waals surface area contributed by atoms with E-state index in [9.17, 15) is 9.59 Å². The lowest BCUT2D eigenvalue weighted by molar-refractivity contribution is -0.142. The Labute approximate surface area is 198 Å². The third-order valence-electron chi connectivity index (χ3n) is 5.05. The second kappa shape index (κ2) is 11.6. The van der Waals surface area contributed by atoms with Crippen molar-refractivity contribution in [3.63, 3.8) is 0 Å². The lowest BCUT2D eigenvalue weighted by atomic mass is 10.1. The molecule has 0 radical (unpaired) electrons. The van der Waals surface area contributed by atoms with Crippen LogP contribution >= 0.6 is 34.8 Å². The molecule has 0 aromatic heterocycles. The molecule has 0 saturated carbocycles. The van der Waals surface area contributed by atoms with Gasteiger partial charge in [-0.05, 0) is 63.1 Å². The fourth-order valence-electron chi connectivity index (χ4n) is 2.84. The van der Waals surface area contributed by atoms with Crippen LogP contribution in [0.5, 0.6) is 5.75 Å². The molecule has 1 N–H and O–H groups in total. The van der Waals surface area contributed by atoms with Gasteiger partial charge in [-0.3, -0.25) is 9.59 Å². The summed E-state index contributed by atoms with van der Waals surface area (Å²) in [7, 11) is 0. The first kappa shape index (κ1) is 25.3. The van der Waals surface area contributed by atoms with E-state index in [0.717, 1.165) is 12.0 Å². The maximum absolute atomic E-state index is 13.1. The van der Waals surface area contributed by atoms with Crippen molar-refractivity contribution in [2.75, 3.05) is 6.61 Å². The van der Waals surface area contributed by atoms with Crippen molar-refractivity contribution in [3.8, 4) is 5.75 Å². The van der Waals surface area contributed by atoms with Gasteiger partial charge in [0.1, 0.15) is 11.8 Å². The molecule has 0 unspecified atom stereocenters. The molecule has 0 aliphatic rings. The van der Waals surface area contributed by atoms with Crippen LogP contribution in [0.25, 0.3) is 0 Å². The van der Waals surface area contributed by atoms with Gasteiger partial charge in [-0.1, -0.05) is 47.8 Å². The molecule has 0 aliphatic heterocycles. The number of carbonyl (C=O) groups is 2. The molecular formula is C23H27Cl3N2O3. The lowest BCUT2D eigenvalue weighted by Gasteiger charge is -2.30. The molecule has 0 aliphatic carbocycles. The lowest BCUT2D eigenvalue weighted by Crippen LogP contribution is -2.50. The predicted octanol–water partition coefficient (Wildman–Crippen LogP) is 5.67. The van der Waals surface area contributed by atoms with E-state index in [0.29, 0.717) is 26.4 Å². The van der Waals surface area contributed by atoms with Gasteiger partial charge in [-0.25, -0.2) is 0 Å². The minimum absolute atomic E-state index is 0.0101. The third kappa shape index (κ3) is 7.03.